The summed E-state index contributed by atoms with van der Waals surface area (Å²) in [6, 6.07) is 12.7. The van der Waals surface area contributed by atoms with Crippen molar-refractivity contribution in [3.8, 4) is 34.3 Å². The summed E-state index contributed by atoms with van der Waals surface area (Å²) in [6.45, 7) is 1.16. The molecule has 3 heterocycles. The molecular formula is C27H24F4N7O4S-. The summed E-state index contributed by atoms with van der Waals surface area (Å²) in [4.78, 5) is 19.9. The Labute approximate surface area is 246 Å². The summed E-state index contributed by atoms with van der Waals surface area (Å²) < 4.78 is 91.4. The van der Waals surface area contributed by atoms with Crippen LogP contribution in [0.5, 0.6) is 11.9 Å². The molecule has 4 aromatic rings. The molecule has 1 atom stereocenters. The van der Waals surface area contributed by atoms with Crippen molar-refractivity contribution >= 4 is 28.6 Å². The number of halogens is 4. The number of hydrogen-bond donors (Lipinski definition) is 1. The maximum atomic E-state index is 14.1. The Morgan fingerprint density at radius 2 is 1.58 bits per heavy atom. The van der Waals surface area contributed by atoms with Crippen LogP contribution >= 0.6 is 0 Å². The molecule has 0 saturated carbocycles. The van der Waals surface area contributed by atoms with Crippen LogP contribution in [0, 0.1) is 5.82 Å². The van der Waals surface area contributed by atoms with Crippen LogP contribution in [0.3, 0.4) is 0 Å². The van der Waals surface area contributed by atoms with Crippen molar-refractivity contribution in [3.63, 3.8) is 0 Å². The number of anilines is 3. The molecule has 11 nitrogen and oxygen atoms in total. The minimum absolute atomic E-state index is 0.0143. The van der Waals surface area contributed by atoms with Crippen LogP contribution in [0.15, 0.2) is 54.6 Å². The predicted octanol–water partition coefficient (Wildman–Crippen LogP) is 4.31. The van der Waals surface area contributed by atoms with Gasteiger partial charge in [0, 0.05) is 54.8 Å². The minimum Gasteiger partial charge on any atom is -0.755 e. The number of ether oxygens (including phenoxy) is 2. The van der Waals surface area contributed by atoms with Crippen LogP contribution in [0.4, 0.5) is 34.9 Å². The summed E-state index contributed by atoms with van der Waals surface area (Å²) in [6.07, 6.45) is -4.89. The lowest BCUT2D eigenvalue weighted by atomic mass is 9.98. The molecule has 2 aromatic heterocycles. The zero-order valence-corrected chi connectivity index (χ0v) is 23.6. The first-order chi connectivity index (χ1) is 20.5. The first-order valence-electron chi connectivity index (χ1n) is 12.7. The zero-order chi connectivity index (χ0) is 30.7. The van der Waals surface area contributed by atoms with Gasteiger partial charge in [-0.1, -0.05) is 12.1 Å². The van der Waals surface area contributed by atoms with E-state index in [0.717, 1.165) is 12.1 Å². The molecule has 1 unspecified atom stereocenters. The second kappa shape index (κ2) is 12.3. The Bertz CT molecular complexity index is 1610. The van der Waals surface area contributed by atoms with E-state index in [1.54, 1.807) is 23.1 Å². The van der Waals surface area contributed by atoms with E-state index in [9.17, 15) is 26.3 Å². The molecule has 1 fully saturated rings. The molecule has 43 heavy (non-hydrogen) atoms. The van der Waals surface area contributed by atoms with Gasteiger partial charge in [0.15, 0.2) is 0 Å². The quantitative estimate of drug-likeness (QED) is 0.225. The van der Waals surface area contributed by atoms with Crippen molar-refractivity contribution in [3.05, 3.63) is 66.2 Å². The molecule has 0 amide bonds. The minimum atomic E-state index is -4.89. The molecule has 2 aromatic carbocycles. The van der Waals surface area contributed by atoms with E-state index in [2.05, 4.69) is 24.7 Å². The summed E-state index contributed by atoms with van der Waals surface area (Å²) in [7, 11) is 2.87. The number of methoxy groups -OCH3 is 2. The molecule has 1 aliphatic rings. The van der Waals surface area contributed by atoms with Crippen LogP contribution in [0.2, 0.25) is 0 Å². The molecule has 0 aliphatic carbocycles. The number of hydrogen-bond acceptors (Lipinski definition) is 10. The number of aromatic nitrogens is 4. The lowest BCUT2D eigenvalue weighted by molar-refractivity contribution is -0.144. The monoisotopic (exact) mass is 618 g/mol. The average Bonchev–Trinajstić information content (AvgIpc) is 3.00. The standard InChI is InChI=1S/C27H25F4N7O4S/c1-41-21-15-20(32-26(33-21)42-2)37-10-12-38(13-11-37)24-22(17-4-3-5-19(14-17)36-43(39)40)23(16-6-8-18(28)9-7-16)34-25(35-24)27(29,30)31/h3-9,14-15,36H,10-13H2,1-2H3,(H,39,40)/p-1. The van der Waals surface area contributed by atoms with E-state index < -0.39 is 29.1 Å². The third-order valence-electron chi connectivity index (χ3n) is 6.58. The fourth-order valence-electron chi connectivity index (χ4n) is 4.62. The highest BCUT2D eigenvalue weighted by Crippen LogP contribution is 2.41. The lowest BCUT2D eigenvalue weighted by Crippen LogP contribution is -2.47. The molecule has 0 bridgehead atoms. The molecule has 5 rings (SSSR count). The van der Waals surface area contributed by atoms with Crippen LogP contribution < -0.4 is 24.0 Å². The Morgan fingerprint density at radius 1 is 0.884 bits per heavy atom. The third-order valence-corrected chi connectivity index (χ3v) is 6.98. The zero-order valence-electron chi connectivity index (χ0n) is 22.8. The number of nitrogens with zero attached hydrogens (tertiary/aromatic N) is 6. The number of piperazine rings is 1. The summed E-state index contributed by atoms with van der Waals surface area (Å²) in [5.74, 6) is -1.16. The van der Waals surface area contributed by atoms with Crippen molar-refractivity contribution in [2.45, 2.75) is 6.18 Å². The van der Waals surface area contributed by atoms with E-state index in [1.807, 2.05) is 4.90 Å². The molecule has 226 valence electrons. The lowest BCUT2D eigenvalue weighted by Gasteiger charge is -2.37. The number of benzene rings is 2. The molecule has 0 radical (unpaired) electrons. The smallest absolute Gasteiger partial charge is 0.451 e. The normalized spacial score (nSPS) is 14.4. The van der Waals surface area contributed by atoms with Crippen molar-refractivity contribution in [2.24, 2.45) is 0 Å². The second-order valence-corrected chi connectivity index (χ2v) is 9.92. The summed E-state index contributed by atoms with van der Waals surface area (Å²) >= 11 is -2.64. The van der Waals surface area contributed by atoms with Gasteiger partial charge < -0.3 is 28.5 Å². The Balaban J connectivity index is 1.62. The van der Waals surface area contributed by atoms with Crippen LogP contribution in [0.1, 0.15) is 5.82 Å². The second-order valence-electron chi connectivity index (χ2n) is 9.25. The van der Waals surface area contributed by atoms with E-state index in [1.165, 1.54) is 38.5 Å². The summed E-state index contributed by atoms with van der Waals surface area (Å²) in [5, 5.41) is 0. The highest BCUT2D eigenvalue weighted by molar-refractivity contribution is 7.80. The van der Waals surface area contributed by atoms with Gasteiger partial charge >= 0.3 is 12.2 Å². The molecular weight excluding hydrogens is 594 g/mol. The Kier molecular flexibility index (Phi) is 8.59. The van der Waals surface area contributed by atoms with E-state index in [4.69, 9.17) is 9.47 Å². The molecule has 1 saturated heterocycles. The first kappa shape index (κ1) is 29.9. The first-order valence-corrected chi connectivity index (χ1v) is 13.8. The van der Waals surface area contributed by atoms with Gasteiger partial charge in [-0.05, 0) is 42.0 Å². The van der Waals surface area contributed by atoms with E-state index in [-0.39, 0.29) is 53.3 Å². The third kappa shape index (κ3) is 6.75. The van der Waals surface area contributed by atoms with Crippen LogP contribution in [-0.2, 0) is 17.4 Å². The highest BCUT2D eigenvalue weighted by atomic mass is 32.2. The molecule has 1 aliphatic heterocycles. The van der Waals surface area contributed by atoms with Gasteiger partial charge in [-0.2, -0.15) is 23.1 Å². The molecule has 1 N–H and O–H groups in total. The average molecular weight is 619 g/mol. The maximum Gasteiger partial charge on any atom is 0.451 e. The SMILES string of the molecule is COc1cc(N2CCN(c3nc(C(F)(F)F)nc(-c4ccc(F)cc4)c3-c3cccc(NS(=O)[O-])c3)CC2)nc(OC)n1. The largest absolute Gasteiger partial charge is 0.755 e. The van der Waals surface area contributed by atoms with Gasteiger partial charge in [-0.3, -0.25) is 4.21 Å². The fraction of sp³-hybridized carbons (Fsp3) is 0.259. The topological polar surface area (TPSA) is 129 Å². The van der Waals surface area contributed by atoms with Gasteiger partial charge in [-0.15, -0.1) is 0 Å². The van der Waals surface area contributed by atoms with Gasteiger partial charge in [-0.25, -0.2) is 14.4 Å². The highest BCUT2D eigenvalue weighted by Gasteiger charge is 2.38. The summed E-state index contributed by atoms with van der Waals surface area (Å²) in [5.41, 5.74) is 0.878. The number of alkyl halides is 3. The molecule has 0 spiro atoms. The Hall–Kier alpha value is -4.57. The Morgan fingerprint density at radius 3 is 2.21 bits per heavy atom. The van der Waals surface area contributed by atoms with E-state index >= 15 is 0 Å². The van der Waals surface area contributed by atoms with Gasteiger partial charge in [0.05, 0.1) is 25.5 Å². The van der Waals surface area contributed by atoms with Gasteiger partial charge in [0.2, 0.25) is 11.7 Å². The van der Waals surface area contributed by atoms with Gasteiger partial charge in [0.1, 0.15) is 17.5 Å². The van der Waals surface area contributed by atoms with Crippen molar-refractivity contribution < 1.29 is 35.8 Å². The van der Waals surface area contributed by atoms with Crippen molar-refractivity contribution in [2.75, 3.05) is 54.9 Å². The maximum absolute atomic E-state index is 14.1. The van der Waals surface area contributed by atoms with E-state index in [0.29, 0.717) is 24.5 Å². The van der Waals surface area contributed by atoms with Crippen LogP contribution in [-0.4, -0.2) is 69.1 Å². The number of nitrogens with one attached hydrogen (secondary N) is 1. The van der Waals surface area contributed by atoms with Crippen molar-refractivity contribution in [1.29, 1.82) is 0 Å². The van der Waals surface area contributed by atoms with Crippen molar-refractivity contribution in [1.82, 2.24) is 19.9 Å². The molecule has 16 heteroatoms. The van der Waals surface area contributed by atoms with Crippen LogP contribution in [0.25, 0.3) is 22.4 Å². The predicted molar refractivity (Wildman–Crippen MR) is 150 cm³/mol. The van der Waals surface area contributed by atoms with Gasteiger partial charge in [0.25, 0.3) is 0 Å². The fourth-order valence-corrected chi connectivity index (χ4v) is 4.94. The number of rotatable bonds is 8.